The summed E-state index contributed by atoms with van der Waals surface area (Å²) in [7, 11) is 1.89. The van der Waals surface area contributed by atoms with Crippen LogP contribution in [0.2, 0.25) is 0 Å². The van der Waals surface area contributed by atoms with Gasteiger partial charge in [0.15, 0.2) is 5.16 Å². The van der Waals surface area contributed by atoms with Gasteiger partial charge in [-0.2, -0.15) is 5.10 Å². The van der Waals surface area contributed by atoms with E-state index >= 15 is 0 Å². The summed E-state index contributed by atoms with van der Waals surface area (Å²) in [6.45, 7) is 0.586. The fourth-order valence-electron chi connectivity index (χ4n) is 1.41. The molecule has 0 atom stereocenters. The first-order chi connectivity index (χ1) is 7.79. The van der Waals surface area contributed by atoms with Gasteiger partial charge in [-0.25, -0.2) is 9.67 Å². The summed E-state index contributed by atoms with van der Waals surface area (Å²) in [6.07, 6.45) is 1.57. The maximum atomic E-state index is 5.60. The van der Waals surface area contributed by atoms with Crippen molar-refractivity contribution in [3.05, 3.63) is 41.7 Å². The lowest BCUT2D eigenvalue weighted by molar-refractivity contribution is 0.685. The van der Waals surface area contributed by atoms with E-state index in [1.54, 1.807) is 22.8 Å². The minimum atomic E-state index is 0.586. The number of nitrogens with zero attached hydrogens (tertiary/aromatic N) is 3. The third-order valence-corrected chi connectivity index (χ3v) is 3.37. The molecule has 5 heteroatoms. The van der Waals surface area contributed by atoms with Gasteiger partial charge in [-0.05, 0) is 11.1 Å². The van der Waals surface area contributed by atoms with Gasteiger partial charge < -0.3 is 5.73 Å². The third-order valence-electron chi connectivity index (χ3n) is 2.26. The highest BCUT2D eigenvalue weighted by molar-refractivity contribution is 7.98. The van der Waals surface area contributed by atoms with Gasteiger partial charge in [0.1, 0.15) is 6.33 Å². The number of aryl methyl sites for hydroxylation is 1. The molecule has 2 N–H and O–H groups in total. The van der Waals surface area contributed by atoms with Gasteiger partial charge in [-0.1, -0.05) is 36.0 Å². The molecule has 1 heterocycles. The molecule has 0 aliphatic carbocycles. The van der Waals surface area contributed by atoms with Gasteiger partial charge in [0.05, 0.1) is 0 Å². The van der Waals surface area contributed by atoms with Crippen LogP contribution in [0.5, 0.6) is 0 Å². The van der Waals surface area contributed by atoms with E-state index in [9.17, 15) is 0 Å². The minimum absolute atomic E-state index is 0.586. The van der Waals surface area contributed by atoms with Crippen molar-refractivity contribution in [2.75, 3.05) is 0 Å². The van der Waals surface area contributed by atoms with Crippen LogP contribution in [-0.4, -0.2) is 14.8 Å². The average Bonchev–Trinajstić information content (AvgIpc) is 2.72. The Morgan fingerprint density at radius 2 is 2.19 bits per heavy atom. The fraction of sp³-hybridized carbons (Fsp3) is 0.273. The molecule has 0 saturated carbocycles. The maximum absolute atomic E-state index is 5.60. The Morgan fingerprint density at radius 3 is 2.88 bits per heavy atom. The van der Waals surface area contributed by atoms with Crippen molar-refractivity contribution in [3.8, 4) is 0 Å². The van der Waals surface area contributed by atoms with Gasteiger partial charge >= 0.3 is 0 Å². The molecule has 0 spiro atoms. The van der Waals surface area contributed by atoms with Gasteiger partial charge in [0.25, 0.3) is 0 Å². The van der Waals surface area contributed by atoms with E-state index in [2.05, 4.69) is 22.2 Å². The van der Waals surface area contributed by atoms with E-state index in [1.807, 2.05) is 19.2 Å². The van der Waals surface area contributed by atoms with Gasteiger partial charge in [0, 0.05) is 19.3 Å². The summed E-state index contributed by atoms with van der Waals surface area (Å²) in [6, 6.07) is 8.30. The monoisotopic (exact) mass is 234 g/mol. The lowest BCUT2D eigenvalue weighted by Crippen LogP contribution is -1.97. The lowest BCUT2D eigenvalue weighted by atomic mass is 10.1. The Labute approximate surface area is 98.9 Å². The predicted molar refractivity (Wildman–Crippen MR) is 64.9 cm³/mol. The van der Waals surface area contributed by atoms with E-state index in [0.29, 0.717) is 6.54 Å². The van der Waals surface area contributed by atoms with Crippen molar-refractivity contribution < 1.29 is 0 Å². The van der Waals surface area contributed by atoms with Crippen LogP contribution in [0.4, 0.5) is 0 Å². The van der Waals surface area contributed by atoms with Gasteiger partial charge in [-0.3, -0.25) is 0 Å². The van der Waals surface area contributed by atoms with Crippen LogP contribution in [0.3, 0.4) is 0 Å². The molecule has 1 aromatic heterocycles. The quantitative estimate of drug-likeness (QED) is 0.816. The molecule has 2 rings (SSSR count). The van der Waals surface area contributed by atoms with Crippen molar-refractivity contribution in [1.82, 2.24) is 14.8 Å². The number of rotatable bonds is 4. The van der Waals surface area contributed by atoms with Crippen LogP contribution in [0.1, 0.15) is 11.1 Å². The largest absolute Gasteiger partial charge is 0.326 e. The zero-order valence-electron chi connectivity index (χ0n) is 9.13. The molecule has 0 fully saturated rings. The number of hydrogen-bond acceptors (Lipinski definition) is 4. The average molecular weight is 234 g/mol. The van der Waals surface area contributed by atoms with Crippen LogP contribution in [0.25, 0.3) is 0 Å². The number of nitrogens with two attached hydrogens (primary N) is 1. The van der Waals surface area contributed by atoms with Crippen LogP contribution >= 0.6 is 11.8 Å². The Bertz CT molecular complexity index is 467. The number of thioether (sulfide) groups is 1. The van der Waals surface area contributed by atoms with Crippen LogP contribution in [-0.2, 0) is 19.3 Å². The highest BCUT2D eigenvalue weighted by atomic mass is 32.2. The first-order valence-electron chi connectivity index (χ1n) is 5.04. The van der Waals surface area contributed by atoms with Gasteiger partial charge in [-0.15, -0.1) is 0 Å². The van der Waals surface area contributed by atoms with Crippen molar-refractivity contribution in [3.63, 3.8) is 0 Å². The van der Waals surface area contributed by atoms with E-state index in [-0.39, 0.29) is 0 Å². The standard InChI is InChI=1S/C11H14N4S/c1-15-11(13-8-14-15)16-7-10-4-2-3-9(5-10)6-12/h2-5,8H,6-7,12H2,1H3. The van der Waals surface area contributed by atoms with Crippen LogP contribution in [0, 0.1) is 0 Å². The number of aromatic nitrogens is 3. The first-order valence-corrected chi connectivity index (χ1v) is 6.03. The molecule has 0 amide bonds. The van der Waals surface area contributed by atoms with E-state index in [1.165, 1.54) is 5.56 Å². The highest BCUT2D eigenvalue weighted by Crippen LogP contribution is 2.20. The number of benzene rings is 1. The molecular weight excluding hydrogens is 220 g/mol. The molecule has 0 saturated heterocycles. The minimum Gasteiger partial charge on any atom is -0.326 e. The van der Waals surface area contributed by atoms with Crippen molar-refractivity contribution in [2.24, 2.45) is 12.8 Å². The summed E-state index contributed by atoms with van der Waals surface area (Å²) in [4.78, 5) is 4.16. The Kier molecular flexibility index (Phi) is 3.58. The molecule has 2 aromatic rings. The molecule has 0 unspecified atom stereocenters. The second-order valence-electron chi connectivity index (χ2n) is 3.48. The zero-order valence-corrected chi connectivity index (χ0v) is 9.94. The van der Waals surface area contributed by atoms with Crippen molar-refractivity contribution >= 4 is 11.8 Å². The normalized spacial score (nSPS) is 10.6. The molecule has 0 bridgehead atoms. The Hall–Kier alpha value is -1.33. The molecule has 0 aliphatic heterocycles. The van der Waals surface area contributed by atoms with Gasteiger partial charge in [0.2, 0.25) is 0 Å². The van der Waals surface area contributed by atoms with E-state index in [0.717, 1.165) is 16.5 Å². The zero-order chi connectivity index (χ0) is 11.4. The molecule has 16 heavy (non-hydrogen) atoms. The smallest absolute Gasteiger partial charge is 0.186 e. The molecule has 0 aliphatic rings. The van der Waals surface area contributed by atoms with Crippen molar-refractivity contribution in [2.45, 2.75) is 17.5 Å². The summed E-state index contributed by atoms with van der Waals surface area (Å²) in [5.41, 5.74) is 8.02. The fourth-order valence-corrected chi connectivity index (χ4v) is 2.24. The molecule has 84 valence electrons. The third kappa shape index (κ3) is 2.62. The second-order valence-corrected chi connectivity index (χ2v) is 4.42. The molecule has 4 nitrogen and oxygen atoms in total. The topological polar surface area (TPSA) is 56.7 Å². The SMILES string of the molecule is Cn1ncnc1SCc1cccc(CN)c1. The molecule has 0 radical (unpaired) electrons. The molecular formula is C11H14N4S. The predicted octanol–water partition coefficient (Wildman–Crippen LogP) is 1.57. The van der Waals surface area contributed by atoms with Crippen molar-refractivity contribution in [1.29, 1.82) is 0 Å². The van der Waals surface area contributed by atoms with Crippen LogP contribution in [0.15, 0.2) is 35.7 Å². The first kappa shape index (κ1) is 11.2. The second kappa shape index (κ2) is 5.14. The summed E-state index contributed by atoms with van der Waals surface area (Å²) < 4.78 is 1.78. The van der Waals surface area contributed by atoms with Crippen LogP contribution < -0.4 is 5.73 Å². The maximum Gasteiger partial charge on any atom is 0.186 e. The highest BCUT2D eigenvalue weighted by Gasteiger charge is 2.02. The molecule has 1 aromatic carbocycles. The lowest BCUT2D eigenvalue weighted by Gasteiger charge is -2.03. The Balaban J connectivity index is 2.02. The Morgan fingerprint density at radius 1 is 1.38 bits per heavy atom. The summed E-state index contributed by atoms with van der Waals surface area (Å²) >= 11 is 1.67. The number of hydrogen-bond donors (Lipinski definition) is 1. The van der Waals surface area contributed by atoms with E-state index in [4.69, 9.17) is 5.73 Å². The summed E-state index contributed by atoms with van der Waals surface area (Å²) in [5.74, 6) is 0.889. The summed E-state index contributed by atoms with van der Waals surface area (Å²) in [5, 5.41) is 4.96. The van der Waals surface area contributed by atoms with E-state index < -0.39 is 0 Å².